The van der Waals surface area contributed by atoms with E-state index in [2.05, 4.69) is 9.97 Å². The quantitative estimate of drug-likeness (QED) is 0.325. The highest BCUT2D eigenvalue weighted by Crippen LogP contribution is 2.49. The summed E-state index contributed by atoms with van der Waals surface area (Å²) >= 11 is 6.59. The number of benzene rings is 2. The Bertz CT molecular complexity index is 1510. The highest BCUT2D eigenvalue weighted by molar-refractivity contribution is 6.32. The van der Waals surface area contributed by atoms with Gasteiger partial charge < -0.3 is 19.9 Å². The normalized spacial score (nSPS) is 13.6. The minimum Gasteiger partial charge on any atom is -0.493 e. The van der Waals surface area contributed by atoms with Gasteiger partial charge in [-0.25, -0.2) is 4.98 Å². The number of aromatic nitrogens is 2. The molecule has 1 aliphatic rings. The van der Waals surface area contributed by atoms with Gasteiger partial charge in [-0.05, 0) is 43.2 Å². The molecule has 1 fully saturated rings. The van der Waals surface area contributed by atoms with Crippen molar-refractivity contribution in [1.82, 2.24) is 9.97 Å². The molecule has 0 radical (unpaired) electrons. The van der Waals surface area contributed by atoms with Crippen LogP contribution in [0.25, 0.3) is 10.9 Å². The van der Waals surface area contributed by atoms with Gasteiger partial charge in [0.1, 0.15) is 16.2 Å². The lowest BCUT2D eigenvalue weighted by Crippen LogP contribution is -2.41. The smallest absolute Gasteiger partial charge is 0.247 e. The molecule has 0 aliphatic heterocycles. The molecular weight excluding hydrogens is 496 g/mol. The average Bonchev–Trinajstić information content (AvgIpc) is 3.73. The SMILES string of the molecule is COc1cc2nccc(Oc3ncc(N(C(=O)C4(C(N)=O)CC4)c4ccccc4)cc3Cl)c2cc1OC. The number of nitrogens with zero attached hydrogens (tertiary/aromatic N) is 3. The molecule has 2 heterocycles. The van der Waals surface area contributed by atoms with E-state index in [4.69, 9.17) is 31.5 Å². The van der Waals surface area contributed by atoms with Crippen molar-refractivity contribution in [3.63, 3.8) is 0 Å². The molecule has 2 N–H and O–H groups in total. The van der Waals surface area contributed by atoms with E-state index < -0.39 is 17.2 Å². The van der Waals surface area contributed by atoms with Crippen LogP contribution in [-0.2, 0) is 9.59 Å². The van der Waals surface area contributed by atoms with Crippen molar-refractivity contribution in [2.45, 2.75) is 12.8 Å². The van der Waals surface area contributed by atoms with E-state index in [0.29, 0.717) is 52.4 Å². The predicted octanol–water partition coefficient (Wildman–Crippen LogP) is 5.02. The third kappa shape index (κ3) is 4.38. The summed E-state index contributed by atoms with van der Waals surface area (Å²) in [6, 6.07) is 15.7. The summed E-state index contributed by atoms with van der Waals surface area (Å²) in [6.07, 6.45) is 3.86. The zero-order valence-electron chi connectivity index (χ0n) is 20.1. The highest BCUT2D eigenvalue weighted by Gasteiger charge is 2.57. The number of fused-ring (bicyclic) bond motifs is 1. The van der Waals surface area contributed by atoms with Crippen LogP contribution in [0.4, 0.5) is 11.4 Å². The number of methoxy groups -OCH3 is 2. The lowest BCUT2D eigenvalue weighted by Gasteiger charge is -2.26. The number of para-hydroxylation sites is 1. The van der Waals surface area contributed by atoms with Crippen molar-refractivity contribution in [2.75, 3.05) is 19.1 Å². The first-order valence-corrected chi connectivity index (χ1v) is 11.8. The van der Waals surface area contributed by atoms with E-state index in [1.807, 2.05) is 6.07 Å². The van der Waals surface area contributed by atoms with Crippen molar-refractivity contribution in [3.8, 4) is 23.1 Å². The monoisotopic (exact) mass is 518 g/mol. The van der Waals surface area contributed by atoms with Gasteiger partial charge in [0.05, 0.1) is 31.6 Å². The first kappa shape index (κ1) is 24.3. The standard InChI is InChI=1S/C27H23ClN4O5/c1-35-22-13-18-20(14-23(22)36-2)30-11-8-21(18)37-24-19(28)12-17(15-31-24)32(16-6-4-3-5-7-16)26(34)27(9-10-27)25(29)33/h3-8,11-15H,9-10H2,1-2H3,(H2,29,33). The van der Waals surface area contributed by atoms with Crippen LogP contribution in [0.5, 0.6) is 23.1 Å². The van der Waals surface area contributed by atoms with Crippen molar-refractivity contribution in [3.05, 3.63) is 72.0 Å². The first-order chi connectivity index (χ1) is 17.9. The van der Waals surface area contributed by atoms with Crippen LogP contribution in [0.3, 0.4) is 0 Å². The summed E-state index contributed by atoms with van der Waals surface area (Å²) in [7, 11) is 3.09. The van der Waals surface area contributed by atoms with Gasteiger partial charge in [-0.15, -0.1) is 0 Å². The van der Waals surface area contributed by atoms with Gasteiger partial charge in [-0.1, -0.05) is 29.8 Å². The number of carbonyl (C=O) groups is 2. The summed E-state index contributed by atoms with van der Waals surface area (Å²) < 4.78 is 16.8. The number of hydrogen-bond acceptors (Lipinski definition) is 7. The van der Waals surface area contributed by atoms with E-state index in [9.17, 15) is 9.59 Å². The molecule has 5 rings (SSSR count). The number of ether oxygens (including phenoxy) is 3. The number of anilines is 2. The second kappa shape index (κ2) is 9.59. The van der Waals surface area contributed by atoms with Gasteiger partial charge in [0.2, 0.25) is 17.7 Å². The molecule has 0 unspecified atom stereocenters. The molecule has 1 aliphatic carbocycles. The van der Waals surface area contributed by atoms with Gasteiger partial charge in [0.25, 0.3) is 0 Å². The predicted molar refractivity (Wildman–Crippen MR) is 139 cm³/mol. The Morgan fingerprint density at radius 3 is 2.27 bits per heavy atom. The van der Waals surface area contributed by atoms with E-state index in [1.54, 1.807) is 68.9 Å². The Morgan fingerprint density at radius 1 is 0.946 bits per heavy atom. The molecule has 0 saturated heterocycles. The van der Waals surface area contributed by atoms with Gasteiger partial charge in [-0.3, -0.25) is 19.5 Å². The fourth-order valence-corrected chi connectivity index (χ4v) is 4.32. The van der Waals surface area contributed by atoms with E-state index in [0.717, 1.165) is 0 Å². The van der Waals surface area contributed by atoms with Crippen molar-refractivity contribution in [1.29, 1.82) is 0 Å². The molecule has 2 aromatic carbocycles. The largest absolute Gasteiger partial charge is 0.493 e. The lowest BCUT2D eigenvalue weighted by atomic mass is 10.0. The summed E-state index contributed by atoms with van der Waals surface area (Å²) in [5.41, 5.74) is 5.93. The molecule has 2 aromatic heterocycles. The van der Waals surface area contributed by atoms with Crippen molar-refractivity contribution < 1.29 is 23.8 Å². The third-order valence-corrected chi connectivity index (χ3v) is 6.58. The highest BCUT2D eigenvalue weighted by atomic mass is 35.5. The number of nitrogens with two attached hydrogens (primary N) is 1. The number of carbonyl (C=O) groups excluding carboxylic acids is 2. The van der Waals surface area contributed by atoms with Gasteiger partial charge in [-0.2, -0.15) is 0 Å². The fourth-order valence-electron chi connectivity index (χ4n) is 4.12. The fraction of sp³-hybridized carbons (Fsp3) is 0.185. The molecule has 2 amide bonds. The summed E-state index contributed by atoms with van der Waals surface area (Å²) in [4.78, 5) is 35.8. The number of pyridine rings is 2. The molecule has 1 saturated carbocycles. The minimum absolute atomic E-state index is 0.129. The molecule has 0 bridgehead atoms. The van der Waals surface area contributed by atoms with Crippen LogP contribution in [0, 0.1) is 5.41 Å². The number of halogens is 1. The van der Waals surface area contributed by atoms with Crippen LogP contribution < -0.4 is 24.8 Å². The van der Waals surface area contributed by atoms with Crippen LogP contribution in [0.2, 0.25) is 5.02 Å². The molecule has 0 atom stereocenters. The van der Waals surface area contributed by atoms with Crippen LogP contribution in [0.1, 0.15) is 12.8 Å². The maximum Gasteiger partial charge on any atom is 0.247 e. The third-order valence-electron chi connectivity index (χ3n) is 6.31. The molecule has 0 spiro atoms. The van der Waals surface area contributed by atoms with E-state index in [1.165, 1.54) is 11.1 Å². The van der Waals surface area contributed by atoms with Crippen molar-refractivity contribution in [2.24, 2.45) is 11.1 Å². The topological polar surface area (TPSA) is 117 Å². The molecule has 188 valence electrons. The summed E-state index contributed by atoms with van der Waals surface area (Å²) in [5, 5.41) is 0.834. The van der Waals surface area contributed by atoms with Gasteiger partial charge >= 0.3 is 0 Å². The second-order valence-electron chi connectivity index (χ2n) is 8.54. The number of amides is 2. The Kier molecular flexibility index (Phi) is 6.31. The van der Waals surface area contributed by atoms with E-state index in [-0.39, 0.29) is 10.9 Å². The molecule has 9 nitrogen and oxygen atoms in total. The minimum atomic E-state index is -1.23. The van der Waals surface area contributed by atoms with E-state index >= 15 is 0 Å². The molecule has 4 aromatic rings. The van der Waals surface area contributed by atoms with Crippen LogP contribution >= 0.6 is 11.6 Å². The second-order valence-corrected chi connectivity index (χ2v) is 8.95. The number of rotatable bonds is 8. The molecular formula is C27H23ClN4O5. The van der Waals surface area contributed by atoms with Crippen molar-refractivity contribution >= 4 is 45.7 Å². The summed E-state index contributed by atoms with van der Waals surface area (Å²) in [6.45, 7) is 0. The van der Waals surface area contributed by atoms with Crippen LogP contribution in [0.15, 0.2) is 67.0 Å². The summed E-state index contributed by atoms with van der Waals surface area (Å²) in [5.74, 6) is 0.574. The van der Waals surface area contributed by atoms with Gasteiger partial charge in [0.15, 0.2) is 11.5 Å². The number of hydrogen-bond donors (Lipinski definition) is 1. The molecule has 10 heteroatoms. The van der Waals surface area contributed by atoms with Crippen LogP contribution in [-0.4, -0.2) is 36.0 Å². The zero-order valence-corrected chi connectivity index (χ0v) is 20.9. The lowest BCUT2D eigenvalue weighted by molar-refractivity contribution is -0.133. The Labute approximate surface area is 217 Å². The first-order valence-electron chi connectivity index (χ1n) is 11.4. The molecule has 37 heavy (non-hydrogen) atoms. The van der Waals surface area contributed by atoms with Gasteiger partial charge in [0, 0.05) is 23.3 Å². The maximum absolute atomic E-state index is 13.5. The zero-order chi connectivity index (χ0) is 26.2. The Hall–Kier alpha value is -4.37. The number of primary amides is 1. The Morgan fingerprint density at radius 2 is 1.65 bits per heavy atom. The average molecular weight is 519 g/mol. The maximum atomic E-state index is 13.5. The Balaban J connectivity index is 1.52.